The summed E-state index contributed by atoms with van der Waals surface area (Å²) in [6.45, 7) is 3.33. The Balaban J connectivity index is 3.70. The fourth-order valence-electron chi connectivity index (χ4n) is 4.91. The zero-order valence-corrected chi connectivity index (χ0v) is 28.6. The highest BCUT2D eigenvalue weighted by atomic mass is 31.2. The van der Waals surface area contributed by atoms with Crippen LogP contribution in [0, 0.1) is 0 Å². The van der Waals surface area contributed by atoms with Crippen molar-refractivity contribution >= 4 is 19.8 Å². The Labute approximate surface area is 263 Å². The molecule has 0 saturated carbocycles. The summed E-state index contributed by atoms with van der Waals surface area (Å²) < 4.78 is 31.9. The first-order valence-corrected chi connectivity index (χ1v) is 19.0. The molecule has 9 nitrogen and oxygen atoms in total. The van der Waals surface area contributed by atoms with Crippen molar-refractivity contribution in [2.45, 2.75) is 174 Å². The molecule has 0 fully saturated rings. The van der Waals surface area contributed by atoms with E-state index in [0.29, 0.717) is 6.42 Å². The number of rotatable bonds is 33. The summed E-state index contributed by atoms with van der Waals surface area (Å²) in [4.78, 5) is 33.7. The maximum Gasteiger partial charge on any atom is 0.472 e. The van der Waals surface area contributed by atoms with Crippen molar-refractivity contribution < 1.29 is 37.6 Å². The number of esters is 2. The lowest BCUT2D eigenvalue weighted by molar-refractivity contribution is -0.161. The van der Waals surface area contributed by atoms with Crippen LogP contribution >= 0.6 is 7.82 Å². The molecule has 10 heteroatoms. The minimum absolute atomic E-state index is 0.0555. The van der Waals surface area contributed by atoms with Crippen LogP contribution in [-0.4, -0.2) is 49.3 Å². The Morgan fingerprint density at radius 1 is 0.605 bits per heavy atom. The van der Waals surface area contributed by atoms with Crippen molar-refractivity contribution in [1.29, 1.82) is 0 Å². The summed E-state index contributed by atoms with van der Waals surface area (Å²) in [5, 5.41) is 0. The zero-order chi connectivity index (χ0) is 31.9. The highest BCUT2D eigenvalue weighted by molar-refractivity contribution is 7.47. The van der Waals surface area contributed by atoms with Gasteiger partial charge in [0.2, 0.25) is 0 Å². The molecule has 0 saturated heterocycles. The monoisotopic (exact) mass is 635 g/mol. The SMILES string of the molecule is CCCCCCCCCCCCCCCCCCCCCCCC(=O)OC[C@H](COP(=O)(O)OCCN)OC(=O)CCC. The van der Waals surface area contributed by atoms with E-state index in [1.807, 2.05) is 6.92 Å². The summed E-state index contributed by atoms with van der Waals surface area (Å²) >= 11 is 0. The van der Waals surface area contributed by atoms with E-state index in [0.717, 1.165) is 19.3 Å². The number of carbonyl (C=O) groups is 2. The van der Waals surface area contributed by atoms with Crippen LogP contribution in [0.1, 0.15) is 168 Å². The Morgan fingerprint density at radius 3 is 1.47 bits per heavy atom. The molecule has 43 heavy (non-hydrogen) atoms. The van der Waals surface area contributed by atoms with E-state index in [1.165, 1.54) is 116 Å². The Hall–Kier alpha value is -0.990. The molecule has 0 aliphatic rings. The van der Waals surface area contributed by atoms with E-state index in [9.17, 15) is 19.0 Å². The van der Waals surface area contributed by atoms with E-state index >= 15 is 0 Å². The van der Waals surface area contributed by atoms with Crippen molar-refractivity contribution in [2.24, 2.45) is 5.73 Å². The van der Waals surface area contributed by atoms with Gasteiger partial charge >= 0.3 is 19.8 Å². The highest BCUT2D eigenvalue weighted by Crippen LogP contribution is 2.43. The predicted octanol–water partition coefficient (Wildman–Crippen LogP) is 8.94. The van der Waals surface area contributed by atoms with Crippen molar-refractivity contribution in [3.8, 4) is 0 Å². The average Bonchev–Trinajstić information content (AvgIpc) is 2.98. The number of nitrogens with two attached hydrogens (primary N) is 1. The number of unbranched alkanes of at least 4 members (excludes halogenated alkanes) is 20. The second-order valence-electron chi connectivity index (χ2n) is 11.8. The van der Waals surface area contributed by atoms with Crippen molar-refractivity contribution in [3.05, 3.63) is 0 Å². The molecule has 0 heterocycles. The molecule has 0 aromatic heterocycles. The minimum Gasteiger partial charge on any atom is -0.462 e. The molecule has 0 rings (SSSR count). The Kier molecular flexibility index (Phi) is 30.3. The van der Waals surface area contributed by atoms with Gasteiger partial charge in [-0.3, -0.25) is 18.6 Å². The lowest BCUT2D eigenvalue weighted by Gasteiger charge is -2.19. The van der Waals surface area contributed by atoms with Gasteiger partial charge in [-0.15, -0.1) is 0 Å². The van der Waals surface area contributed by atoms with E-state index < -0.39 is 26.5 Å². The molecule has 1 unspecified atom stereocenters. The molecular formula is C33H66NO8P. The summed E-state index contributed by atoms with van der Waals surface area (Å²) in [5.74, 6) is -0.881. The quantitative estimate of drug-likeness (QED) is 0.0411. The molecule has 0 radical (unpaired) electrons. The first kappa shape index (κ1) is 42.0. The van der Waals surface area contributed by atoms with Gasteiger partial charge in [0, 0.05) is 19.4 Å². The molecule has 0 aliphatic heterocycles. The van der Waals surface area contributed by atoms with Crippen molar-refractivity contribution in [3.63, 3.8) is 0 Å². The second kappa shape index (κ2) is 31.0. The number of carbonyl (C=O) groups excluding carboxylic acids is 2. The minimum atomic E-state index is -4.33. The van der Waals surface area contributed by atoms with Gasteiger partial charge in [-0.2, -0.15) is 0 Å². The maximum atomic E-state index is 12.2. The lowest BCUT2D eigenvalue weighted by atomic mass is 10.0. The van der Waals surface area contributed by atoms with Gasteiger partial charge in [-0.25, -0.2) is 4.57 Å². The Bertz CT molecular complexity index is 694. The van der Waals surface area contributed by atoms with Crippen LogP contribution in [0.2, 0.25) is 0 Å². The highest BCUT2D eigenvalue weighted by Gasteiger charge is 2.25. The number of ether oxygens (including phenoxy) is 2. The molecule has 0 amide bonds. The van der Waals surface area contributed by atoms with Gasteiger partial charge in [-0.05, 0) is 12.8 Å². The van der Waals surface area contributed by atoms with Gasteiger partial charge in [-0.1, -0.05) is 142 Å². The molecule has 0 spiro atoms. The van der Waals surface area contributed by atoms with Gasteiger partial charge in [0.15, 0.2) is 6.10 Å². The fourth-order valence-corrected chi connectivity index (χ4v) is 5.67. The van der Waals surface area contributed by atoms with Crippen LogP contribution in [0.4, 0.5) is 0 Å². The van der Waals surface area contributed by atoms with Gasteiger partial charge in [0.1, 0.15) is 6.61 Å². The van der Waals surface area contributed by atoms with Gasteiger partial charge in [0.05, 0.1) is 13.2 Å². The summed E-state index contributed by atoms with van der Waals surface area (Å²) in [7, 11) is -4.33. The summed E-state index contributed by atoms with van der Waals surface area (Å²) in [6, 6.07) is 0. The third-order valence-corrected chi connectivity index (χ3v) is 8.45. The molecule has 3 N–H and O–H groups in total. The third-order valence-electron chi connectivity index (χ3n) is 7.46. The maximum absolute atomic E-state index is 12.2. The molecule has 0 bridgehead atoms. The first-order valence-electron chi connectivity index (χ1n) is 17.5. The van der Waals surface area contributed by atoms with Crippen LogP contribution in [0.3, 0.4) is 0 Å². The number of hydrogen-bond donors (Lipinski definition) is 2. The van der Waals surface area contributed by atoms with Crippen molar-refractivity contribution in [1.82, 2.24) is 0 Å². The predicted molar refractivity (Wildman–Crippen MR) is 174 cm³/mol. The number of hydrogen-bond acceptors (Lipinski definition) is 8. The number of phosphoric acid groups is 1. The van der Waals surface area contributed by atoms with Gasteiger partial charge < -0.3 is 20.1 Å². The molecule has 0 aromatic rings. The molecule has 0 aromatic carbocycles. The molecule has 256 valence electrons. The van der Waals surface area contributed by atoms with Crippen LogP contribution in [0.5, 0.6) is 0 Å². The second-order valence-corrected chi connectivity index (χ2v) is 13.2. The first-order chi connectivity index (χ1) is 20.8. The molecular weight excluding hydrogens is 569 g/mol. The largest absolute Gasteiger partial charge is 0.472 e. The zero-order valence-electron chi connectivity index (χ0n) is 27.7. The number of phosphoric ester groups is 1. The molecule has 0 aliphatic carbocycles. The summed E-state index contributed by atoms with van der Waals surface area (Å²) in [5.41, 5.74) is 5.26. The normalized spacial score (nSPS) is 13.5. The third kappa shape index (κ3) is 30.8. The lowest BCUT2D eigenvalue weighted by Crippen LogP contribution is -2.29. The molecule has 2 atom stereocenters. The van der Waals surface area contributed by atoms with E-state index in [-0.39, 0.29) is 38.6 Å². The van der Waals surface area contributed by atoms with Crippen LogP contribution in [0.25, 0.3) is 0 Å². The van der Waals surface area contributed by atoms with E-state index in [2.05, 4.69) is 11.4 Å². The van der Waals surface area contributed by atoms with Gasteiger partial charge in [0.25, 0.3) is 0 Å². The van der Waals surface area contributed by atoms with Crippen molar-refractivity contribution in [2.75, 3.05) is 26.4 Å². The standard InChI is InChI=1S/C33H66NO8P/c1-3-5-6-7-8-9-10-11-12-13-14-15-16-17-18-19-20-21-22-23-24-26-32(35)39-29-31(42-33(36)25-4-2)30-41-43(37,38)40-28-27-34/h31H,3-30,34H2,1-2H3,(H,37,38)/t31-/m1/s1. The smallest absolute Gasteiger partial charge is 0.462 e. The fraction of sp³-hybridized carbons (Fsp3) is 0.939. The van der Waals surface area contributed by atoms with Crippen LogP contribution < -0.4 is 5.73 Å². The average molecular weight is 636 g/mol. The topological polar surface area (TPSA) is 134 Å². The Morgan fingerprint density at radius 2 is 1.05 bits per heavy atom. The van der Waals surface area contributed by atoms with E-state index in [1.54, 1.807) is 0 Å². The van der Waals surface area contributed by atoms with Crippen LogP contribution in [-0.2, 0) is 32.7 Å². The van der Waals surface area contributed by atoms with E-state index in [4.69, 9.17) is 19.7 Å². The summed E-state index contributed by atoms with van der Waals surface area (Å²) in [6.07, 6.45) is 27.5. The van der Waals surface area contributed by atoms with Crippen LogP contribution in [0.15, 0.2) is 0 Å².